The van der Waals surface area contributed by atoms with Crippen LogP contribution in [0.2, 0.25) is 5.15 Å². The zero-order valence-corrected chi connectivity index (χ0v) is 19.8. The molecule has 0 saturated heterocycles. The maximum Gasteiger partial charge on any atom is 0.156 e. The number of pyridine rings is 1. The van der Waals surface area contributed by atoms with E-state index in [1.165, 1.54) is 0 Å². The minimum atomic E-state index is -1.49. The van der Waals surface area contributed by atoms with Crippen LogP contribution in [0.1, 0.15) is 33.5 Å². The van der Waals surface area contributed by atoms with Gasteiger partial charge in [-0.3, -0.25) is 0 Å². The average Bonchev–Trinajstić information content (AvgIpc) is 3.32. The van der Waals surface area contributed by atoms with Gasteiger partial charge in [0.25, 0.3) is 0 Å². The molecule has 0 radical (unpaired) electrons. The third kappa shape index (κ3) is 3.42. The van der Waals surface area contributed by atoms with E-state index in [1.807, 2.05) is 54.1 Å². The summed E-state index contributed by atoms with van der Waals surface area (Å²) in [6.07, 6.45) is 4.80. The zero-order valence-electron chi connectivity index (χ0n) is 19.0. The van der Waals surface area contributed by atoms with Crippen LogP contribution in [0, 0.1) is 11.3 Å². The van der Waals surface area contributed by atoms with Crippen LogP contribution in [0.15, 0.2) is 79.3 Å². The molecule has 0 spiro atoms. The van der Waals surface area contributed by atoms with Gasteiger partial charge in [0.2, 0.25) is 0 Å². The van der Waals surface area contributed by atoms with Gasteiger partial charge in [-0.2, -0.15) is 5.26 Å². The predicted octanol–water partition coefficient (Wildman–Crippen LogP) is 5.54. The second-order valence-corrected chi connectivity index (χ2v) is 9.40. The molecule has 0 amide bonds. The standard InChI is InChI=1S/C29H21ClN4O/c1-34-17-32-16-27(34)29(35)22-8-7-21(15-31)19(12-22)6-5-18-3-2-4-20(11-18)24-14-28(30)33-26-10-9-23(29)13-25(24)26/h2-4,7-14,16-17,35H,5-6H2,1H3. The van der Waals surface area contributed by atoms with E-state index in [2.05, 4.69) is 34.2 Å². The van der Waals surface area contributed by atoms with Gasteiger partial charge in [-0.25, -0.2) is 9.97 Å². The van der Waals surface area contributed by atoms with Crippen molar-refractivity contribution < 1.29 is 5.11 Å². The Hall–Kier alpha value is -3.98. The van der Waals surface area contributed by atoms with Crippen LogP contribution in [0.3, 0.4) is 0 Å². The Bertz CT molecular complexity index is 1670. The molecule has 2 aromatic heterocycles. The zero-order chi connectivity index (χ0) is 24.2. The third-order valence-corrected chi connectivity index (χ3v) is 7.14. The maximum atomic E-state index is 12.5. The van der Waals surface area contributed by atoms with Crippen molar-refractivity contribution in [3.8, 4) is 17.2 Å². The van der Waals surface area contributed by atoms with E-state index in [0.29, 0.717) is 34.0 Å². The molecule has 1 unspecified atom stereocenters. The van der Waals surface area contributed by atoms with E-state index < -0.39 is 5.60 Å². The Balaban J connectivity index is 1.74. The number of nitriles is 1. The average molecular weight is 477 g/mol. The Kier molecular flexibility index (Phi) is 4.96. The first kappa shape index (κ1) is 21.5. The summed E-state index contributed by atoms with van der Waals surface area (Å²) < 4.78 is 1.82. The van der Waals surface area contributed by atoms with Crippen molar-refractivity contribution in [3.63, 3.8) is 0 Å². The lowest BCUT2D eigenvalue weighted by atomic mass is 9.81. The summed E-state index contributed by atoms with van der Waals surface area (Å²) in [5.41, 5.74) is 5.93. The number of hydrogen-bond acceptors (Lipinski definition) is 4. The number of imidazole rings is 1. The molecule has 0 fully saturated rings. The Morgan fingerprint density at radius 1 is 1.03 bits per heavy atom. The van der Waals surface area contributed by atoms with Crippen molar-refractivity contribution in [2.45, 2.75) is 18.4 Å². The number of hydrogen-bond donors (Lipinski definition) is 1. The van der Waals surface area contributed by atoms with E-state index in [-0.39, 0.29) is 0 Å². The Morgan fingerprint density at radius 2 is 1.86 bits per heavy atom. The van der Waals surface area contributed by atoms with Crippen molar-refractivity contribution in [2.24, 2.45) is 7.05 Å². The lowest BCUT2D eigenvalue weighted by molar-refractivity contribution is 0.117. The molecule has 3 aromatic carbocycles. The van der Waals surface area contributed by atoms with Gasteiger partial charge in [-0.15, -0.1) is 0 Å². The number of rotatable bonds is 1. The van der Waals surface area contributed by atoms with Crippen LogP contribution >= 0.6 is 11.6 Å². The molecule has 6 bridgehead atoms. The number of fused-ring (bicyclic) bond motifs is 6. The molecule has 2 heterocycles. The number of aromatic nitrogens is 3. The summed E-state index contributed by atoms with van der Waals surface area (Å²) >= 11 is 6.42. The molecule has 1 aliphatic carbocycles. The minimum absolute atomic E-state index is 0.419. The molecule has 6 rings (SSSR count). The number of nitrogens with zero attached hydrogens (tertiary/aromatic N) is 4. The van der Waals surface area contributed by atoms with Crippen LogP contribution in [0.4, 0.5) is 0 Å². The fraction of sp³-hybridized carbons (Fsp3) is 0.138. The molecule has 1 N–H and O–H groups in total. The SMILES string of the molecule is Cn1cncc1C1(O)c2ccc(C#N)c(c2)CCc2cccc(c2)-c2cc(Cl)nc3ccc1cc23. The number of aliphatic hydroxyl groups is 1. The third-order valence-electron chi connectivity index (χ3n) is 6.95. The van der Waals surface area contributed by atoms with Gasteiger partial charge in [0.15, 0.2) is 5.60 Å². The molecule has 6 heteroatoms. The van der Waals surface area contributed by atoms with Crippen LogP contribution in [-0.2, 0) is 25.5 Å². The minimum Gasteiger partial charge on any atom is -0.374 e. The molecule has 0 saturated carbocycles. The molecule has 5 nitrogen and oxygen atoms in total. The summed E-state index contributed by atoms with van der Waals surface area (Å²) in [5, 5.41) is 23.6. The highest BCUT2D eigenvalue weighted by Crippen LogP contribution is 2.40. The van der Waals surface area contributed by atoms with Gasteiger partial charge in [0, 0.05) is 12.4 Å². The van der Waals surface area contributed by atoms with Crippen molar-refractivity contribution in [1.82, 2.24) is 14.5 Å². The monoisotopic (exact) mass is 476 g/mol. The highest BCUT2D eigenvalue weighted by molar-refractivity contribution is 6.30. The van der Waals surface area contributed by atoms with Crippen LogP contribution in [0.5, 0.6) is 0 Å². The van der Waals surface area contributed by atoms with Gasteiger partial charge >= 0.3 is 0 Å². The Morgan fingerprint density at radius 3 is 2.66 bits per heavy atom. The van der Waals surface area contributed by atoms with Crippen molar-refractivity contribution in [1.29, 1.82) is 5.26 Å². The van der Waals surface area contributed by atoms with Gasteiger partial charge in [0.1, 0.15) is 5.15 Å². The summed E-state index contributed by atoms with van der Waals surface area (Å²) in [5.74, 6) is 0. The first-order valence-electron chi connectivity index (χ1n) is 11.4. The van der Waals surface area contributed by atoms with Crippen molar-refractivity contribution in [2.75, 3.05) is 0 Å². The topological polar surface area (TPSA) is 74.7 Å². The summed E-state index contributed by atoms with van der Waals surface area (Å²) in [6.45, 7) is 0. The molecular formula is C29H21ClN4O. The molecular weight excluding hydrogens is 456 g/mol. The van der Waals surface area contributed by atoms with Crippen molar-refractivity contribution >= 4 is 22.5 Å². The summed E-state index contributed by atoms with van der Waals surface area (Å²) in [4.78, 5) is 8.83. The molecule has 1 aliphatic rings. The normalized spacial score (nSPS) is 16.9. The maximum absolute atomic E-state index is 12.5. The van der Waals surface area contributed by atoms with Gasteiger partial charge in [0.05, 0.1) is 35.4 Å². The number of benzene rings is 3. The van der Waals surface area contributed by atoms with E-state index in [0.717, 1.165) is 39.6 Å². The van der Waals surface area contributed by atoms with Gasteiger partial charge in [-0.05, 0) is 70.5 Å². The van der Waals surface area contributed by atoms with Gasteiger partial charge in [-0.1, -0.05) is 54.1 Å². The number of aryl methyl sites for hydroxylation is 3. The molecule has 35 heavy (non-hydrogen) atoms. The van der Waals surface area contributed by atoms with Crippen LogP contribution in [-0.4, -0.2) is 19.6 Å². The quantitative estimate of drug-likeness (QED) is 0.322. The fourth-order valence-electron chi connectivity index (χ4n) is 5.13. The Labute approximate surface area is 207 Å². The van der Waals surface area contributed by atoms with E-state index in [4.69, 9.17) is 11.6 Å². The van der Waals surface area contributed by atoms with E-state index in [1.54, 1.807) is 18.6 Å². The van der Waals surface area contributed by atoms with E-state index >= 15 is 0 Å². The second-order valence-electron chi connectivity index (χ2n) is 9.01. The fourth-order valence-corrected chi connectivity index (χ4v) is 5.33. The molecule has 5 aromatic rings. The largest absolute Gasteiger partial charge is 0.374 e. The highest BCUT2D eigenvalue weighted by atomic mass is 35.5. The lowest BCUT2D eigenvalue weighted by Crippen LogP contribution is -2.31. The second kappa shape index (κ2) is 8.06. The molecule has 1 atom stereocenters. The number of halogens is 1. The van der Waals surface area contributed by atoms with Crippen molar-refractivity contribution in [3.05, 3.63) is 118 Å². The van der Waals surface area contributed by atoms with Crippen LogP contribution < -0.4 is 0 Å². The predicted molar refractivity (Wildman–Crippen MR) is 136 cm³/mol. The van der Waals surface area contributed by atoms with Gasteiger partial charge < -0.3 is 9.67 Å². The smallest absolute Gasteiger partial charge is 0.156 e. The first-order chi connectivity index (χ1) is 17.0. The molecule has 170 valence electrons. The summed E-state index contributed by atoms with van der Waals surface area (Å²) in [7, 11) is 1.87. The first-order valence-corrected chi connectivity index (χ1v) is 11.8. The van der Waals surface area contributed by atoms with E-state index in [9.17, 15) is 10.4 Å². The highest BCUT2D eigenvalue weighted by Gasteiger charge is 2.37. The van der Waals surface area contributed by atoms with Crippen LogP contribution in [0.25, 0.3) is 22.0 Å². The molecule has 0 aliphatic heterocycles. The lowest BCUT2D eigenvalue weighted by Gasteiger charge is -2.30. The summed E-state index contributed by atoms with van der Waals surface area (Å²) in [6, 6.07) is 23.9.